The van der Waals surface area contributed by atoms with Crippen LogP contribution in [0.2, 0.25) is 5.02 Å². The smallest absolute Gasteiger partial charge is 0.256 e. The lowest BCUT2D eigenvalue weighted by Gasteiger charge is -2.11. The van der Waals surface area contributed by atoms with Crippen LogP contribution in [0, 0.1) is 5.82 Å². The number of hydrogen-bond acceptors (Lipinski definition) is 3. The highest BCUT2D eigenvalue weighted by molar-refractivity contribution is 6.34. The minimum Gasteiger partial charge on any atom is -0.496 e. The zero-order valence-electron chi connectivity index (χ0n) is 12.2. The minimum absolute atomic E-state index is 0.155. The number of nitrogens with one attached hydrogen (secondary N) is 1. The van der Waals surface area contributed by atoms with Crippen LogP contribution < -0.4 is 14.8 Å². The molecule has 0 heterocycles. The Balaban J connectivity index is 2.12. The Kier molecular flexibility index (Phi) is 5.22. The van der Waals surface area contributed by atoms with Crippen molar-refractivity contribution in [2.75, 3.05) is 14.2 Å². The van der Waals surface area contributed by atoms with Crippen molar-refractivity contribution in [2.45, 2.75) is 6.54 Å². The lowest BCUT2D eigenvalue weighted by atomic mass is 10.1. The molecular formula is C16H15ClFNO3. The second-order valence-corrected chi connectivity index (χ2v) is 4.88. The average molecular weight is 324 g/mol. The fourth-order valence-electron chi connectivity index (χ4n) is 1.99. The third kappa shape index (κ3) is 3.49. The molecule has 0 saturated heterocycles. The SMILES string of the molecule is COc1ccc(CNC(=O)c2c(Cl)cccc2OC)cc1F. The molecule has 4 nitrogen and oxygen atoms in total. The molecule has 0 aromatic heterocycles. The topological polar surface area (TPSA) is 47.6 Å². The number of halogens is 2. The van der Waals surface area contributed by atoms with E-state index >= 15 is 0 Å². The third-order valence-corrected chi connectivity index (χ3v) is 3.41. The largest absolute Gasteiger partial charge is 0.496 e. The molecule has 2 aromatic carbocycles. The summed E-state index contributed by atoms with van der Waals surface area (Å²) >= 11 is 6.03. The van der Waals surface area contributed by atoms with E-state index in [1.165, 1.54) is 26.4 Å². The van der Waals surface area contributed by atoms with E-state index in [9.17, 15) is 9.18 Å². The fourth-order valence-corrected chi connectivity index (χ4v) is 2.24. The third-order valence-electron chi connectivity index (χ3n) is 3.09. The van der Waals surface area contributed by atoms with E-state index in [0.29, 0.717) is 11.3 Å². The Hall–Kier alpha value is -2.27. The molecule has 0 unspecified atom stereocenters. The molecule has 1 amide bonds. The number of amides is 1. The quantitative estimate of drug-likeness (QED) is 0.917. The van der Waals surface area contributed by atoms with E-state index in [4.69, 9.17) is 21.1 Å². The van der Waals surface area contributed by atoms with E-state index < -0.39 is 11.7 Å². The summed E-state index contributed by atoms with van der Waals surface area (Å²) in [6, 6.07) is 9.43. The monoisotopic (exact) mass is 323 g/mol. The Morgan fingerprint density at radius 2 is 1.91 bits per heavy atom. The molecule has 6 heteroatoms. The minimum atomic E-state index is -0.482. The van der Waals surface area contributed by atoms with E-state index in [1.807, 2.05) is 0 Å². The summed E-state index contributed by atoms with van der Waals surface area (Å²) in [6.07, 6.45) is 0. The average Bonchev–Trinajstić information content (AvgIpc) is 2.52. The predicted octanol–water partition coefficient (Wildman–Crippen LogP) is 3.43. The van der Waals surface area contributed by atoms with Crippen molar-refractivity contribution in [1.82, 2.24) is 5.32 Å². The van der Waals surface area contributed by atoms with Gasteiger partial charge >= 0.3 is 0 Å². The van der Waals surface area contributed by atoms with Crippen LogP contribution in [-0.2, 0) is 6.54 Å². The molecule has 0 saturated carbocycles. The van der Waals surface area contributed by atoms with Crippen molar-refractivity contribution in [3.05, 3.63) is 58.4 Å². The highest BCUT2D eigenvalue weighted by Crippen LogP contribution is 2.26. The van der Waals surface area contributed by atoms with Crippen LogP contribution in [0.3, 0.4) is 0 Å². The molecule has 0 bridgehead atoms. The van der Waals surface area contributed by atoms with Crippen LogP contribution in [0.25, 0.3) is 0 Å². The Morgan fingerprint density at radius 3 is 2.55 bits per heavy atom. The second-order valence-electron chi connectivity index (χ2n) is 4.47. The van der Waals surface area contributed by atoms with Gasteiger partial charge in [-0.2, -0.15) is 0 Å². The predicted molar refractivity (Wildman–Crippen MR) is 82.1 cm³/mol. The Morgan fingerprint density at radius 1 is 1.18 bits per heavy atom. The van der Waals surface area contributed by atoms with Crippen molar-refractivity contribution >= 4 is 17.5 Å². The maximum atomic E-state index is 13.6. The van der Waals surface area contributed by atoms with Gasteiger partial charge in [0, 0.05) is 6.54 Å². The molecule has 0 fully saturated rings. The molecule has 1 N–H and O–H groups in total. The van der Waals surface area contributed by atoms with Crippen molar-refractivity contribution < 1.29 is 18.7 Å². The van der Waals surface area contributed by atoms with Gasteiger partial charge in [0.15, 0.2) is 11.6 Å². The van der Waals surface area contributed by atoms with E-state index in [1.54, 1.807) is 24.3 Å². The maximum Gasteiger partial charge on any atom is 0.256 e. The van der Waals surface area contributed by atoms with Gasteiger partial charge in [-0.3, -0.25) is 4.79 Å². The summed E-state index contributed by atoms with van der Waals surface area (Å²) in [4.78, 5) is 12.2. The molecule has 0 aliphatic rings. The number of carbonyl (C=O) groups is 1. The molecule has 0 radical (unpaired) electrons. The van der Waals surface area contributed by atoms with Gasteiger partial charge in [0.25, 0.3) is 5.91 Å². The van der Waals surface area contributed by atoms with Crippen molar-refractivity contribution in [3.63, 3.8) is 0 Å². The summed E-state index contributed by atoms with van der Waals surface area (Å²) in [5, 5.41) is 2.97. The lowest BCUT2D eigenvalue weighted by Crippen LogP contribution is -2.23. The van der Waals surface area contributed by atoms with Crippen LogP contribution >= 0.6 is 11.6 Å². The molecular weight excluding hydrogens is 309 g/mol. The molecule has 0 spiro atoms. The summed E-state index contributed by atoms with van der Waals surface area (Å²) in [5.41, 5.74) is 0.860. The van der Waals surface area contributed by atoms with Crippen LogP contribution in [-0.4, -0.2) is 20.1 Å². The number of ether oxygens (including phenoxy) is 2. The molecule has 0 aliphatic carbocycles. The summed E-state index contributed by atoms with van der Waals surface area (Å²) in [6.45, 7) is 0.161. The molecule has 116 valence electrons. The van der Waals surface area contributed by atoms with Gasteiger partial charge in [-0.05, 0) is 29.8 Å². The van der Waals surface area contributed by atoms with E-state index in [0.717, 1.165) is 0 Å². The molecule has 2 aromatic rings. The van der Waals surface area contributed by atoms with Gasteiger partial charge in [-0.1, -0.05) is 23.7 Å². The number of hydrogen-bond donors (Lipinski definition) is 1. The first kappa shape index (κ1) is 16.1. The van der Waals surface area contributed by atoms with Crippen molar-refractivity contribution in [2.24, 2.45) is 0 Å². The lowest BCUT2D eigenvalue weighted by molar-refractivity contribution is 0.0948. The number of rotatable bonds is 5. The van der Waals surface area contributed by atoms with Gasteiger partial charge in [-0.15, -0.1) is 0 Å². The second kappa shape index (κ2) is 7.13. The van der Waals surface area contributed by atoms with Gasteiger partial charge in [0.1, 0.15) is 5.75 Å². The highest BCUT2D eigenvalue weighted by atomic mass is 35.5. The zero-order valence-corrected chi connectivity index (χ0v) is 12.9. The van der Waals surface area contributed by atoms with E-state index in [2.05, 4.69) is 5.32 Å². The van der Waals surface area contributed by atoms with Crippen molar-refractivity contribution in [1.29, 1.82) is 0 Å². The summed E-state index contributed by atoms with van der Waals surface area (Å²) in [7, 11) is 2.85. The van der Waals surface area contributed by atoms with Crippen LogP contribution in [0.1, 0.15) is 15.9 Å². The Bertz CT molecular complexity index is 691. The molecule has 22 heavy (non-hydrogen) atoms. The van der Waals surface area contributed by atoms with Crippen molar-refractivity contribution in [3.8, 4) is 11.5 Å². The first-order valence-electron chi connectivity index (χ1n) is 6.50. The standard InChI is InChI=1S/C16H15ClFNO3/c1-21-13-7-6-10(8-12(13)18)9-19-16(20)15-11(17)4-3-5-14(15)22-2/h3-8H,9H2,1-2H3,(H,19,20). The highest BCUT2D eigenvalue weighted by Gasteiger charge is 2.16. The molecule has 2 rings (SSSR count). The van der Waals surface area contributed by atoms with Gasteiger partial charge in [-0.25, -0.2) is 4.39 Å². The maximum absolute atomic E-state index is 13.6. The zero-order chi connectivity index (χ0) is 16.1. The van der Waals surface area contributed by atoms with Crippen LogP contribution in [0.5, 0.6) is 11.5 Å². The summed E-state index contributed by atoms with van der Waals surface area (Å²) < 4.78 is 23.6. The van der Waals surface area contributed by atoms with E-state index in [-0.39, 0.29) is 22.9 Å². The number of carbonyl (C=O) groups excluding carboxylic acids is 1. The first-order chi connectivity index (χ1) is 10.6. The van der Waals surface area contributed by atoms with Gasteiger partial charge in [0.2, 0.25) is 0 Å². The normalized spacial score (nSPS) is 10.2. The fraction of sp³-hybridized carbons (Fsp3) is 0.188. The molecule has 0 aliphatic heterocycles. The molecule has 0 atom stereocenters. The Labute approximate surface area is 132 Å². The number of methoxy groups -OCH3 is 2. The van der Waals surface area contributed by atoms with Gasteiger partial charge < -0.3 is 14.8 Å². The number of benzene rings is 2. The van der Waals surface area contributed by atoms with Crippen LogP contribution in [0.4, 0.5) is 4.39 Å². The first-order valence-corrected chi connectivity index (χ1v) is 6.87. The van der Waals surface area contributed by atoms with Crippen LogP contribution in [0.15, 0.2) is 36.4 Å². The van der Waals surface area contributed by atoms with Gasteiger partial charge in [0.05, 0.1) is 24.8 Å². The summed E-state index contributed by atoms with van der Waals surface area (Å²) in [5.74, 6) is -0.336.